The van der Waals surface area contributed by atoms with Crippen molar-refractivity contribution in [1.29, 1.82) is 0 Å². The molecule has 0 aliphatic heterocycles. The topological polar surface area (TPSA) is 80.9 Å². The van der Waals surface area contributed by atoms with Crippen LogP contribution < -0.4 is 4.74 Å². The van der Waals surface area contributed by atoms with E-state index in [4.69, 9.17) is 14.0 Å². The van der Waals surface area contributed by atoms with Crippen LogP contribution in [0.15, 0.2) is 59.1 Å². The summed E-state index contributed by atoms with van der Waals surface area (Å²) in [4.78, 5) is 6.72. The number of methoxy groups -OCH3 is 1. The maximum absolute atomic E-state index is 10.5. The van der Waals surface area contributed by atoms with Crippen LogP contribution in [0.1, 0.15) is 25.3 Å². The van der Waals surface area contributed by atoms with Gasteiger partial charge in [0.25, 0.3) is 0 Å². The van der Waals surface area contributed by atoms with Crippen LogP contribution in [0.2, 0.25) is 0 Å². The number of nitrogens with zero attached hydrogens (tertiary/aromatic N) is 3. The van der Waals surface area contributed by atoms with Gasteiger partial charge in [0, 0.05) is 38.2 Å². The molecule has 7 nitrogen and oxygen atoms in total. The molecule has 0 aliphatic carbocycles. The Labute approximate surface area is 190 Å². The Balaban J connectivity index is 1.60. The summed E-state index contributed by atoms with van der Waals surface area (Å²) in [6.07, 6.45) is 0.0242. The quantitative estimate of drug-likeness (QED) is 0.434. The first-order valence-corrected chi connectivity index (χ1v) is 11.0. The monoisotopic (exact) mass is 439 g/mol. The zero-order valence-corrected chi connectivity index (χ0v) is 19.1. The Bertz CT molecular complexity index is 930. The van der Waals surface area contributed by atoms with Crippen LogP contribution in [0.4, 0.5) is 0 Å². The Hall–Kier alpha value is -2.74. The van der Waals surface area contributed by atoms with Gasteiger partial charge < -0.3 is 19.1 Å². The van der Waals surface area contributed by atoms with Gasteiger partial charge >= 0.3 is 0 Å². The Kier molecular flexibility index (Phi) is 9.22. The first-order valence-electron chi connectivity index (χ1n) is 11.0. The molecule has 0 spiro atoms. The van der Waals surface area contributed by atoms with Crippen LogP contribution in [0, 0.1) is 5.92 Å². The number of hydrogen-bond donors (Lipinski definition) is 1. The number of benzene rings is 2. The molecule has 172 valence electrons. The summed E-state index contributed by atoms with van der Waals surface area (Å²) < 4.78 is 16.4. The van der Waals surface area contributed by atoms with Crippen LogP contribution in [0.3, 0.4) is 0 Å². The summed E-state index contributed by atoms with van der Waals surface area (Å²) >= 11 is 0. The average Bonchev–Trinajstić information content (AvgIpc) is 3.27. The number of rotatable bonds is 13. The number of hydrogen-bond acceptors (Lipinski definition) is 7. The second-order valence-corrected chi connectivity index (χ2v) is 8.30. The predicted octanol–water partition coefficient (Wildman–Crippen LogP) is 3.82. The van der Waals surface area contributed by atoms with E-state index in [2.05, 4.69) is 41.0 Å². The summed E-state index contributed by atoms with van der Waals surface area (Å²) in [5.41, 5.74) is 2.03. The van der Waals surface area contributed by atoms with Crippen LogP contribution in [0.5, 0.6) is 5.75 Å². The van der Waals surface area contributed by atoms with E-state index in [0.29, 0.717) is 50.4 Å². The van der Waals surface area contributed by atoms with E-state index < -0.39 is 6.10 Å². The second-order valence-electron chi connectivity index (χ2n) is 8.30. The Morgan fingerprint density at radius 3 is 2.62 bits per heavy atom. The molecule has 1 aromatic heterocycles. The van der Waals surface area contributed by atoms with Gasteiger partial charge in [-0.15, -0.1) is 0 Å². The van der Waals surface area contributed by atoms with E-state index in [9.17, 15) is 5.11 Å². The van der Waals surface area contributed by atoms with Crippen molar-refractivity contribution in [2.45, 2.75) is 32.9 Å². The summed E-state index contributed by atoms with van der Waals surface area (Å²) in [7, 11) is 1.63. The predicted molar refractivity (Wildman–Crippen MR) is 123 cm³/mol. The highest BCUT2D eigenvalue weighted by Crippen LogP contribution is 2.21. The van der Waals surface area contributed by atoms with Crippen molar-refractivity contribution < 1.29 is 19.1 Å². The molecule has 0 amide bonds. The van der Waals surface area contributed by atoms with Gasteiger partial charge in [0.2, 0.25) is 11.7 Å². The van der Waals surface area contributed by atoms with Gasteiger partial charge in [-0.1, -0.05) is 61.5 Å². The van der Waals surface area contributed by atoms with Gasteiger partial charge in [-0.25, -0.2) is 0 Å². The lowest BCUT2D eigenvalue weighted by molar-refractivity contribution is 0.00680. The first-order chi connectivity index (χ1) is 15.5. The van der Waals surface area contributed by atoms with Crippen molar-refractivity contribution >= 4 is 0 Å². The largest absolute Gasteiger partial charge is 0.497 e. The van der Waals surface area contributed by atoms with Gasteiger partial charge in [-0.2, -0.15) is 4.98 Å². The maximum atomic E-state index is 10.5. The molecule has 0 bridgehead atoms. The molecule has 0 radical (unpaired) electrons. The minimum atomic E-state index is -0.563. The van der Waals surface area contributed by atoms with Gasteiger partial charge in [0.05, 0.1) is 19.8 Å². The average molecular weight is 440 g/mol. The highest BCUT2D eigenvalue weighted by atomic mass is 16.5. The maximum Gasteiger partial charge on any atom is 0.228 e. The molecule has 3 rings (SSSR count). The van der Waals surface area contributed by atoms with Crippen molar-refractivity contribution in [3.05, 3.63) is 66.1 Å². The summed E-state index contributed by atoms with van der Waals surface area (Å²) in [6, 6.07) is 17.8. The molecule has 1 heterocycles. The third-order valence-corrected chi connectivity index (χ3v) is 4.92. The normalized spacial score (nSPS) is 12.4. The lowest BCUT2D eigenvalue weighted by Crippen LogP contribution is -2.36. The van der Waals surface area contributed by atoms with Crippen molar-refractivity contribution in [2.24, 2.45) is 5.92 Å². The molecule has 0 fully saturated rings. The molecule has 32 heavy (non-hydrogen) atoms. The van der Waals surface area contributed by atoms with Gasteiger partial charge in [0.15, 0.2) is 0 Å². The molecule has 0 aliphatic rings. The fraction of sp³-hybridized carbons (Fsp3) is 0.440. The minimum absolute atomic E-state index is 0.323. The Morgan fingerprint density at radius 1 is 1.06 bits per heavy atom. The van der Waals surface area contributed by atoms with Crippen molar-refractivity contribution in [3.8, 4) is 17.1 Å². The molecule has 0 saturated carbocycles. The van der Waals surface area contributed by atoms with E-state index in [1.807, 2.05) is 42.5 Å². The van der Waals surface area contributed by atoms with Crippen LogP contribution >= 0.6 is 0 Å². The second kappa shape index (κ2) is 12.3. The van der Waals surface area contributed by atoms with Crippen LogP contribution in [0.25, 0.3) is 11.4 Å². The molecule has 3 aromatic rings. The van der Waals surface area contributed by atoms with E-state index in [-0.39, 0.29) is 0 Å². The van der Waals surface area contributed by atoms with Gasteiger partial charge in [0.1, 0.15) is 5.75 Å². The third kappa shape index (κ3) is 7.75. The molecule has 7 heteroatoms. The zero-order valence-electron chi connectivity index (χ0n) is 19.1. The molecule has 2 aromatic carbocycles. The van der Waals surface area contributed by atoms with Crippen LogP contribution in [-0.2, 0) is 17.7 Å². The van der Waals surface area contributed by atoms with Crippen molar-refractivity contribution in [3.63, 3.8) is 0 Å². The van der Waals surface area contributed by atoms with Crippen LogP contribution in [-0.4, -0.2) is 59.7 Å². The minimum Gasteiger partial charge on any atom is -0.497 e. The standard InChI is InChI=1S/C25H33N3O4/c1-19(2)17-31-18-22(29)16-28(15-20-8-5-4-6-9-20)13-12-24-26-25(27-32-24)21-10-7-11-23(14-21)30-3/h4-11,14,19,22,29H,12-13,15-18H2,1-3H3. The SMILES string of the molecule is COc1cccc(-c2noc(CCN(Cc3ccccc3)CC(O)COCC(C)C)n2)c1. The molecule has 1 N–H and O–H groups in total. The fourth-order valence-electron chi connectivity index (χ4n) is 3.36. The lowest BCUT2D eigenvalue weighted by Gasteiger charge is -2.25. The third-order valence-electron chi connectivity index (χ3n) is 4.92. The molecule has 0 saturated heterocycles. The number of ether oxygens (including phenoxy) is 2. The lowest BCUT2D eigenvalue weighted by atomic mass is 10.2. The molecule has 1 atom stereocenters. The summed E-state index contributed by atoms with van der Waals surface area (Å²) in [6.45, 7) is 7.06. The number of aliphatic hydroxyl groups is 1. The molecular weight excluding hydrogens is 406 g/mol. The summed E-state index contributed by atoms with van der Waals surface area (Å²) in [5, 5.41) is 14.6. The van der Waals surface area contributed by atoms with E-state index in [0.717, 1.165) is 17.9 Å². The van der Waals surface area contributed by atoms with Crippen molar-refractivity contribution in [1.82, 2.24) is 15.0 Å². The summed E-state index contributed by atoms with van der Waals surface area (Å²) in [5.74, 6) is 2.29. The first kappa shape index (κ1) is 23.9. The number of aromatic nitrogens is 2. The molecule has 1 unspecified atom stereocenters. The number of aliphatic hydroxyl groups excluding tert-OH is 1. The zero-order chi connectivity index (χ0) is 22.8. The van der Waals surface area contributed by atoms with Gasteiger partial charge in [-0.3, -0.25) is 4.90 Å². The van der Waals surface area contributed by atoms with E-state index >= 15 is 0 Å². The highest BCUT2D eigenvalue weighted by molar-refractivity contribution is 5.56. The van der Waals surface area contributed by atoms with E-state index in [1.165, 1.54) is 5.56 Å². The van der Waals surface area contributed by atoms with E-state index in [1.54, 1.807) is 7.11 Å². The smallest absolute Gasteiger partial charge is 0.228 e. The Morgan fingerprint density at radius 2 is 1.88 bits per heavy atom. The highest BCUT2D eigenvalue weighted by Gasteiger charge is 2.16. The molecular formula is C25H33N3O4. The fourth-order valence-corrected chi connectivity index (χ4v) is 3.36. The van der Waals surface area contributed by atoms with Gasteiger partial charge in [-0.05, 0) is 23.6 Å². The van der Waals surface area contributed by atoms with Crippen molar-refractivity contribution in [2.75, 3.05) is 33.4 Å².